The van der Waals surface area contributed by atoms with E-state index < -0.39 is 0 Å². The average Bonchev–Trinajstić information content (AvgIpc) is 3.05. The number of rotatable bonds is 5. The van der Waals surface area contributed by atoms with Gasteiger partial charge in [-0.3, -0.25) is 0 Å². The van der Waals surface area contributed by atoms with E-state index in [2.05, 4.69) is 39.8 Å². The van der Waals surface area contributed by atoms with E-state index in [9.17, 15) is 10.3 Å². The van der Waals surface area contributed by atoms with Crippen LogP contribution in [-0.4, -0.2) is 22.1 Å². The summed E-state index contributed by atoms with van der Waals surface area (Å²) in [6.45, 7) is 12.2. The lowest BCUT2D eigenvalue weighted by Crippen LogP contribution is -2.53. The zero-order valence-corrected chi connectivity index (χ0v) is 20.0. The zero-order valence-electron chi connectivity index (χ0n) is 20.0. The van der Waals surface area contributed by atoms with Crippen LogP contribution in [0, 0.1) is 46.3 Å². The summed E-state index contributed by atoms with van der Waals surface area (Å²) >= 11 is 0. The molecule has 0 spiro atoms. The van der Waals surface area contributed by atoms with Crippen LogP contribution in [0.15, 0.2) is 16.8 Å². The van der Waals surface area contributed by atoms with Crippen LogP contribution in [-0.2, 0) is 0 Å². The average molecular weight is 416 g/mol. The molecule has 3 nitrogen and oxygen atoms in total. The molecule has 4 aliphatic carbocycles. The van der Waals surface area contributed by atoms with Crippen molar-refractivity contribution in [3.63, 3.8) is 0 Å². The largest absolute Gasteiger partial charge is 0.411 e. The van der Waals surface area contributed by atoms with Gasteiger partial charge in [-0.05, 0) is 96.9 Å². The van der Waals surface area contributed by atoms with E-state index in [0.717, 1.165) is 54.2 Å². The molecule has 170 valence electrons. The smallest absolute Gasteiger partial charge is 0.0833 e. The van der Waals surface area contributed by atoms with Gasteiger partial charge < -0.3 is 10.3 Å². The molecule has 4 rings (SSSR count). The summed E-state index contributed by atoms with van der Waals surface area (Å²) < 4.78 is 0. The molecule has 8 atom stereocenters. The normalized spacial score (nSPS) is 45.6. The van der Waals surface area contributed by atoms with Gasteiger partial charge in [0.15, 0.2) is 0 Å². The summed E-state index contributed by atoms with van der Waals surface area (Å²) in [6, 6.07) is 0. The summed E-state index contributed by atoms with van der Waals surface area (Å²) in [4.78, 5) is 0. The number of allylic oxidation sites excluding steroid dienone is 1. The van der Waals surface area contributed by atoms with Crippen molar-refractivity contribution in [3.8, 4) is 0 Å². The second-order valence-electron chi connectivity index (χ2n) is 12.3. The van der Waals surface area contributed by atoms with Crippen molar-refractivity contribution in [1.29, 1.82) is 0 Å². The molecular formula is C27H45NO2. The Bertz CT molecular complexity index is 697. The molecule has 0 unspecified atom stereocenters. The molecule has 0 radical (unpaired) electrons. The lowest BCUT2D eigenvalue weighted by Gasteiger charge is -2.58. The number of hydrogen-bond donors (Lipinski definition) is 2. The second-order valence-corrected chi connectivity index (χ2v) is 12.3. The predicted octanol–water partition coefficient (Wildman–Crippen LogP) is 6.83. The fraction of sp³-hybridized carbons (Fsp3) is 0.889. The van der Waals surface area contributed by atoms with Crippen molar-refractivity contribution < 1.29 is 10.3 Å². The quantitative estimate of drug-likeness (QED) is 0.382. The first kappa shape index (κ1) is 22.4. The van der Waals surface area contributed by atoms with Gasteiger partial charge in [-0.1, -0.05) is 65.1 Å². The third-order valence-electron chi connectivity index (χ3n) is 10.3. The molecule has 0 aromatic carbocycles. The topological polar surface area (TPSA) is 52.8 Å². The summed E-state index contributed by atoms with van der Waals surface area (Å²) in [5.41, 5.74) is 2.55. The highest BCUT2D eigenvalue weighted by Gasteiger charge is 2.60. The van der Waals surface area contributed by atoms with Crippen LogP contribution >= 0.6 is 0 Å². The van der Waals surface area contributed by atoms with Gasteiger partial charge in [0.05, 0.1) is 11.8 Å². The summed E-state index contributed by atoms with van der Waals surface area (Å²) in [6.07, 6.45) is 13.9. The molecule has 0 aliphatic heterocycles. The van der Waals surface area contributed by atoms with E-state index in [1.54, 1.807) is 0 Å². The Hall–Kier alpha value is -0.830. The van der Waals surface area contributed by atoms with E-state index in [1.807, 2.05) is 6.08 Å². The molecule has 30 heavy (non-hydrogen) atoms. The van der Waals surface area contributed by atoms with Crippen LogP contribution in [0.1, 0.15) is 98.8 Å². The third-order valence-corrected chi connectivity index (χ3v) is 10.3. The van der Waals surface area contributed by atoms with Gasteiger partial charge in [0.25, 0.3) is 0 Å². The van der Waals surface area contributed by atoms with Crippen molar-refractivity contribution in [3.05, 3.63) is 11.6 Å². The molecule has 0 aromatic heterocycles. The first-order valence-corrected chi connectivity index (χ1v) is 12.8. The van der Waals surface area contributed by atoms with Crippen molar-refractivity contribution in [1.82, 2.24) is 0 Å². The van der Waals surface area contributed by atoms with Crippen molar-refractivity contribution in [2.45, 2.75) is 105 Å². The van der Waals surface area contributed by atoms with Gasteiger partial charge in [0.1, 0.15) is 0 Å². The Morgan fingerprint density at radius 3 is 2.50 bits per heavy atom. The summed E-state index contributed by atoms with van der Waals surface area (Å²) in [7, 11) is 0. The maximum absolute atomic E-state index is 10.3. The number of fused-ring (bicyclic) bond motifs is 5. The van der Waals surface area contributed by atoms with Gasteiger partial charge in [-0.15, -0.1) is 0 Å². The molecule has 3 saturated carbocycles. The Morgan fingerprint density at radius 1 is 1.03 bits per heavy atom. The van der Waals surface area contributed by atoms with Gasteiger partial charge >= 0.3 is 0 Å². The Kier molecular flexibility index (Phi) is 6.16. The Balaban J connectivity index is 1.56. The van der Waals surface area contributed by atoms with Crippen molar-refractivity contribution >= 4 is 5.71 Å². The van der Waals surface area contributed by atoms with Gasteiger partial charge in [0, 0.05) is 0 Å². The summed E-state index contributed by atoms with van der Waals surface area (Å²) in [5, 5.41) is 23.9. The van der Waals surface area contributed by atoms with Crippen molar-refractivity contribution in [2.24, 2.45) is 51.5 Å². The highest BCUT2D eigenvalue weighted by Crippen LogP contribution is 2.67. The lowest BCUT2D eigenvalue weighted by atomic mass is 9.46. The van der Waals surface area contributed by atoms with Crippen LogP contribution < -0.4 is 0 Å². The minimum Gasteiger partial charge on any atom is -0.411 e. The number of hydrogen-bond acceptors (Lipinski definition) is 3. The van der Waals surface area contributed by atoms with E-state index in [0.29, 0.717) is 17.3 Å². The SMILES string of the molecule is CC(C)CCC[C@@H](C)[C@H]1CC[C@H]2[C@@H]3C/C(=N\O)C4=C[C@@H](O)CC[C@]4(C)[C@H]3CC[C@]12C. The van der Waals surface area contributed by atoms with Gasteiger partial charge in [-0.25, -0.2) is 0 Å². The van der Waals surface area contributed by atoms with E-state index in [-0.39, 0.29) is 11.5 Å². The number of aliphatic hydroxyl groups is 1. The first-order chi connectivity index (χ1) is 14.2. The number of oxime groups is 1. The van der Waals surface area contributed by atoms with Crippen LogP contribution in [0.3, 0.4) is 0 Å². The lowest BCUT2D eigenvalue weighted by molar-refractivity contribution is -0.0474. The van der Waals surface area contributed by atoms with Crippen LogP contribution in [0.4, 0.5) is 0 Å². The monoisotopic (exact) mass is 415 g/mol. The fourth-order valence-electron chi connectivity index (χ4n) is 8.68. The highest BCUT2D eigenvalue weighted by molar-refractivity contribution is 6.02. The number of aliphatic hydroxyl groups excluding tert-OH is 1. The predicted molar refractivity (Wildman–Crippen MR) is 124 cm³/mol. The molecule has 0 heterocycles. The molecule has 0 amide bonds. The summed E-state index contributed by atoms with van der Waals surface area (Å²) in [5.74, 6) is 4.56. The second kappa shape index (κ2) is 8.26. The zero-order chi connectivity index (χ0) is 21.7. The standard InChI is InChI=1S/C27H45NO2/c1-17(2)7-6-8-18(3)21-9-10-22-20-16-25(28-30)24-15-19(29)11-13-27(24,5)23(20)12-14-26(21,22)4/h15,17-23,29-30H,6-14,16H2,1-5H3/b28-25+/t18-,19+,20+,21-,22+,23+,26-,27-/m1/s1. The van der Waals surface area contributed by atoms with E-state index in [1.165, 1.54) is 44.9 Å². The Labute approximate surface area is 184 Å². The molecule has 3 fully saturated rings. The fourth-order valence-corrected chi connectivity index (χ4v) is 8.68. The molecule has 3 heteroatoms. The molecule has 2 N–H and O–H groups in total. The van der Waals surface area contributed by atoms with Crippen LogP contribution in [0.25, 0.3) is 0 Å². The first-order valence-electron chi connectivity index (χ1n) is 12.8. The molecule has 0 bridgehead atoms. The minimum absolute atomic E-state index is 0.0754. The Morgan fingerprint density at radius 2 is 1.80 bits per heavy atom. The van der Waals surface area contributed by atoms with Gasteiger partial charge in [-0.2, -0.15) is 0 Å². The highest BCUT2D eigenvalue weighted by atomic mass is 16.4. The molecule has 4 aliphatic rings. The molecular weight excluding hydrogens is 370 g/mol. The molecule has 0 aromatic rings. The van der Waals surface area contributed by atoms with Crippen molar-refractivity contribution in [2.75, 3.05) is 0 Å². The van der Waals surface area contributed by atoms with E-state index >= 15 is 0 Å². The van der Waals surface area contributed by atoms with Crippen LogP contribution in [0.2, 0.25) is 0 Å². The van der Waals surface area contributed by atoms with Crippen LogP contribution in [0.5, 0.6) is 0 Å². The maximum atomic E-state index is 10.3. The molecule has 0 saturated heterocycles. The minimum atomic E-state index is -0.377. The number of nitrogens with zero attached hydrogens (tertiary/aromatic N) is 1. The van der Waals surface area contributed by atoms with E-state index in [4.69, 9.17) is 0 Å². The third kappa shape index (κ3) is 3.57. The maximum Gasteiger partial charge on any atom is 0.0833 e. The van der Waals surface area contributed by atoms with Gasteiger partial charge in [0.2, 0.25) is 0 Å².